The van der Waals surface area contributed by atoms with Gasteiger partial charge in [-0.25, -0.2) is 4.39 Å². The zero-order valence-corrected chi connectivity index (χ0v) is 13.5. The van der Waals surface area contributed by atoms with Crippen molar-refractivity contribution in [3.63, 3.8) is 0 Å². The van der Waals surface area contributed by atoms with Crippen LogP contribution in [0.4, 0.5) is 4.39 Å². The largest absolute Gasteiger partial charge is 0.317 e. The lowest BCUT2D eigenvalue weighted by Crippen LogP contribution is -2.55. The van der Waals surface area contributed by atoms with Crippen molar-refractivity contribution in [2.24, 2.45) is 0 Å². The summed E-state index contributed by atoms with van der Waals surface area (Å²) in [4.78, 5) is 2.68. The summed E-state index contributed by atoms with van der Waals surface area (Å²) >= 11 is 0. The summed E-state index contributed by atoms with van der Waals surface area (Å²) in [5.41, 5.74) is 2.83. The summed E-state index contributed by atoms with van der Waals surface area (Å²) < 4.78 is 13.8. The van der Waals surface area contributed by atoms with Crippen molar-refractivity contribution < 1.29 is 4.39 Å². The van der Waals surface area contributed by atoms with E-state index in [1.54, 1.807) is 0 Å². The molecule has 1 aromatic rings. The maximum absolute atomic E-state index is 13.8. The second-order valence-corrected chi connectivity index (χ2v) is 6.91. The van der Waals surface area contributed by atoms with E-state index in [2.05, 4.69) is 17.3 Å². The van der Waals surface area contributed by atoms with E-state index in [1.165, 1.54) is 37.7 Å². The molecule has 1 N–H and O–H groups in total. The molecule has 3 rings (SSSR count). The molecular formula is C18H27FN2. The molecule has 2 aliphatic rings. The van der Waals surface area contributed by atoms with E-state index < -0.39 is 0 Å². The third kappa shape index (κ3) is 3.00. The number of hydrogen-bond donors (Lipinski definition) is 1. The number of hydrogen-bond acceptors (Lipinski definition) is 2. The minimum atomic E-state index is -0.0483. The standard InChI is InChI=1S/C18H27FN2/c1-12-7-14(8-13(2)18(12)19)11-21-16-5-4-6-17(21)10-15(9-16)20-3/h7-8,15-17,20H,4-6,9-11H2,1-3H3. The molecular weight excluding hydrogens is 263 g/mol. The molecule has 1 aromatic carbocycles. The molecule has 0 radical (unpaired) electrons. The summed E-state index contributed by atoms with van der Waals surface area (Å²) in [7, 11) is 2.09. The highest BCUT2D eigenvalue weighted by Gasteiger charge is 2.37. The van der Waals surface area contributed by atoms with E-state index in [0.29, 0.717) is 18.1 Å². The second kappa shape index (κ2) is 6.05. The normalized spacial score (nSPS) is 29.6. The number of aryl methyl sites for hydroxylation is 2. The molecule has 2 aliphatic heterocycles. The molecule has 2 heterocycles. The van der Waals surface area contributed by atoms with Crippen LogP contribution in [0.15, 0.2) is 12.1 Å². The van der Waals surface area contributed by atoms with Crippen LogP contribution < -0.4 is 5.32 Å². The number of fused-ring (bicyclic) bond motifs is 2. The quantitative estimate of drug-likeness (QED) is 0.916. The fourth-order valence-electron chi connectivity index (χ4n) is 4.31. The highest BCUT2D eigenvalue weighted by atomic mass is 19.1. The first-order chi connectivity index (χ1) is 10.1. The molecule has 0 amide bonds. The summed E-state index contributed by atoms with van der Waals surface area (Å²) in [5.74, 6) is -0.0483. The molecule has 2 saturated heterocycles. The van der Waals surface area contributed by atoms with E-state index in [9.17, 15) is 4.39 Å². The van der Waals surface area contributed by atoms with Crippen molar-refractivity contribution >= 4 is 0 Å². The van der Waals surface area contributed by atoms with Gasteiger partial charge in [0.15, 0.2) is 0 Å². The number of halogens is 1. The van der Waals surface area contributed by atoms with Crippen LogP contribution in [-0.4, -0.2) is 30.1 Å². The Bertz CT molecular complexity index is 477. The maximum Gasteiger partial charge on any atom is 0.129 e. The predicted octanol–water partition coefficient (Wildman–Crippen LogP) is 3.55. The molecule has 2 atom stereocenters. The summed E-state index contributed by atoms with van der Waals surface area (Å²) in [6, 6.07) is 6.12. The smallest absolute Gasteiger partial charge is 0.129 e. The van der Waals surface area contributed by atoms with Gasteiger partial charge in [0.25, 0.3) is 0 Å². The molecule has 0 spiro atoms. The zero-order valence-electron chi connectivity index (χ0n) is 13.5. The minimum Gasteiger partial charge on any atom is -0.317 e. The topological polar surface area (TPSA) is 15.3 Å². The predicted molar refractivity (Wildman–Crippen MR) is 84.9 cm³/mol. The van der Waals surface area contributed by atoms with E-state index in [0.717, 1.165) is 17.7 Å². The minimum absolute atomic E-state index is 0.0483. The van der Waals surface area contributed by atoms with Gasteiger partial charge in [0.1, 0.15) is 5.82 Å². The van der Waals surface area contributed by atoms with Crippen LogP contribution in [0.25, 0.3) is 0 Å². The molecule has 2 bridgehead atoms. The molecule has 2 fully saturated rings. The Kier molecular flexibility index (Phi) is 4.32. The van der Waals surface area contributed by atoms with E-state index in [1.807, 2.05) is 26.0 Å². The van der Waals surface area contributed by atoms with Crippen molar-refractivity contribution in [3.05, 3.63) is 34.6 Å². The SMILES string of the molecule is CNC1CC2CCCC(C1)N2Cc1cc(C)c(F)c(C)c1. The van der Waals surface area contributed by atoms with Crippen LogP contribution in [0.2, 0.25) is 0 Å². The Morgan fingerprint density at radius 3 is 2.24 bits per heavy atom. The average molecular weight is 290 g/mol. The van der Waals surface area contributed by atoms with Crippen molar-refractivity contribution in [3.8, 4) is 0 Å². The number of benzene rings is 1. The fourth-order valence-corrected chi connectivity index (χ4v) is 4.31. The highest BCUT2D eigenvalue weighted by molar-refractivity contribution is 5.30. The number of nitrogens with one attached hydrogen (secondary N) is 1. The Labute approximate surface area is 127 Å². The summed E-state index contributed by atoms with van der Waals surface area (Å²) in [6.07, 6.45) is 6.50. The van der Waals surface area contributed by atoms with Gasteiger partial charge < -0.3 is 5.32 Å². The summed E-state index contributed by atoms with van der Waals surface area (Å²) in [5, 5.41) is 3.47. The first kappa shape index (κ1) is 15.0. The Balaban J connectivity index is 1.78. The van der Waals surface area contributed by atoms with Gasteiger partial charge in [-0.2, -0.15) is 0 Å². The lowest BCUT2D eigenvalue weighted by Gasteiger charge is -2.49. The van der Waals surface area contributed by atoms with E-state index in [-0.39, 0.29) is 5.82 Å². The maximum atomic E-state index is 13.8. The van der Waals surface area contributed by atoms with Crippen molar-refractivity contribution in [1.82, 2.24) is 10.2 Å². The van der Waals surface area contributed by atoms with Gasteiger partial charge >= 0.3 is 0 Å². The lowest BCUT2D eigenvalue weighted by atomic mass is 9.81. The molecule has 3 heteroatoms. The number of nitrogens with zero attached hydrogens (tertiary/aromatic N) is 1. The van der Waals surface area contributed by atoms with Crippen molar-refractivity contribution in [2.45, 2.75) is 70.6 Å². The van der Waals surface area contributed by atoms with Crippen LogP contribution in [0.1, 0.15) is 48.8 Å². The van der Waals surface area contributed by atoms with Gasteiger partial charge in [-0.15, -0.1) is 0 Å². The van der Waals surface area contributed by atoms with E-state index >= 15 is 0 Å². The fraction of sp³-hybridized carbons (Fsp3) is 0.667. The number of rotatable bonds is 3. The van der Waals surface area contributed by atoms with Gasteiger partial charge in [0, 0.05) is 24.7 Å². The summed E-state index contributed by atoms with van der Waals surface area (Å²) in [6.45, 7) is 4.73. The van der Waals surface area contributed by atoms with Crippen LogP contribution in [-0.2, 0) is 6.54 Å². The molecule has 116 valence electrons. The average Bonchev–Trinajstić information content (AvgIpc) is 2.44. The third-order valence-electron chi connectivity index (χ3n) is 5.40. The number of piperidine rings is 2. The Hall–Kier alpha value is -0.930. The van der Waals surface area contributed by atoms with Crippen LogP contribution in [0, 0.1) is 19.7 Å². The molecule has 2 unspecified atom stereocenters. The monoisotopic (exact) mass is 290 g/mol. The molecule has 0 aliphatic carbocycles. The molecule has 2 nitrogen and oxygen atoms in total. The van der Waals surface area contributed by atoms with Gasteiger partial charge in [-0.05, 0) is 63.3 Å². The highest BCUT2D eigenvalue weighted by Crippen LogP contribution is 2.35. The van der Waals surface area contributed by atoms with Crippen LogP contribution in [0.5, 0.6) is 0 Å². The van der Waals surface area contributed by atoms with Crippen molar-refractivity contribution in [2.75, 3.05) is 7.05 Å². The van der Waals surface area contributed by atoms with Gasteiger partial charge in [0.2, 0.25) is 0 Å². The molecule has 0 aromatic heterocycles. The van der Waals surface area contributed by atoms with Crippen molar-refractivity contribution in [1.29, 1.82) is 0 Å². The first-order valence-electron chi connectivity index (χ1n) is 8.27. The second-order valence-electron chi connectivity index (χ2n) is 6.91. The van der Waals surface area contributed by atoms with Crippen LogP contribution >= 0.6 is 0 Å². The lowest BCUT2D eigenvalue weighted by molar-refractivity contribution is 0.0190. The third-order valence-corrected chi connectivity index (χ3v) is 5.40. The molecule has 21 heavy (non-hydrogen) atoms. The zero-order chi connectivity index (χ0) is 15.0. The van der Waals surface area contributed by atoms with E-state index in [4.69, 9.17) is 0 Å². The first-order valence-corrected chi connectivity index (χ1v) is 8.27. The van der Waals surface area contributed by atoms with Gasteiger partial charge in [-0.1, -0.05) is 18.6 Å². The van der Waals surface area contributed by atoms with Gasteiger partial charge in [-0.3, -0.25) is 4.90 Å². The van der Waals surface area contributed by atoms with Gasteiger partial charge in [0.05, 0.1) is 0 Å². The Morgan fingerprint density at radius 1 is 1.14 bits per heavy atom. The Morgan fingerprint density at radius 2 is 1.71 bits per heavy atom. The van der Waals surface area contributed by atoms with Crippen LogP contribution in [0.3, 0.4) is 0 Å². The molecule has 0 saturated carbocycles.